The summed E-state index contributed by atoms with van der Waals surface area (Å²) in [5.41, 5.74) is 9.42. The van der Waals surface area contributed by atoms with Gasteiger partial charge in [0.05, 0.1) is 0 Å². The number of rotatable bonds is 3. The predicted octanol–water partition coefficient (Wildman–Crippen LogP) is 1.73. The van der Waals surface area contributed by atoms with E-state index in [9.17, 15) is 5.11 Å². The molecule has 0 saturated heterocycles. The molecule has 1 nitrogen and oxygen atoms in total. The molecule has 5 rings (SSSR count). The first kappa shape index (κ1) is 28.3. The normalized spacial score (nSPS) is 21.6. The minimum atomic E-state index is -0.241. The van der Waals surface area contributed by atoms with Crippen molar-refractivity contribution in [2.75, 3.05) is 0 Å². The van der Waals surface area contributed by atoms with E-state index in [-0.39, 0.29) is 51.9 Å². The Morgan fingerprint density at radius 3 is 2.27 bits per heavy atom. The number of aryl methyl sites for hydroxylation is 1. The Morgan fingerprint density at radius 1 is 0.909 bits per heavy atom. The van der Waals surface area contributed by atoms with Crippen LogP contribution in [-0.4, -0.2) is 5.11 Å². The molecular weight excluding hydrogens is 483 g/mol. The molecule has 0 fully saturated rings. The van der Waals surface area contributed by atoms with Gasteiger partial charge in [-0.3, -0.25) is 0 Å². The molecule has 0 spiro atoms. The van der Waals surface area contributed by atoms with E-state index in [0.717, 1.165) is 11.1 Å². The van der Waals surface area contributed by atoms with E-state index in [4.69, 9.17) is 0 Å². The van der Waals surface area contributed by atoms with Gasteiger partial charge in [0.1, 0.15) is 5.75 Å². The van der Waals surface area contributed by atoms with Crippen molar-refractivity contribution in [1.82, 2.24) is 0 Å². The zero-order valence-corrected chi connectivity index (χ0v) is 23.0. The summed E-state index contributed by atoms with van der Waals surface area (Å²) in [6.07, 6.45) is 11.4. The van der Waals surface area contributed by atoms with Crippen LogP contribution >= 0.6 is 0 Å². The van der Waals surface area contributed by atoms with E-state index in [0.29, 0.717) is 17.6 Å². The summed E-state index contributed by atoms with van der Waals surface area (Å²) in [6, 6.07) is 15.1. The van der Waals surface area contributed by atoms with Gasteiger partial charge in [-0.25, -0.2) is 0 Å². The van der Waals surface area contributed by atoms with Crippen molar-refractivity contribution in [1.29, 1.82) is 0 Å². The van der Waals surface area contributed by atoms with Crippen LogP contribution < -0.4 is 24.8 Å². The Labute approximate surface area is 226 Å². The van der Waals surface area contributed by atoms with Gasteiger partial charge in [-0.15, -0.1) is 0 Å². The maximum absolute atomic E-state index is 11.7. The van der Waals surface area contributed by atoms with Crippen LogP contribution in [-0.2, 0) is 27.1 Å². The molecule has 0 aromatic heterocycles. The van der Waals surface area contributed by atoms with E-state index in [1.165, 1.54) is 56.1 Å². The quantitative estimate of drug-likeness (QED) is 0.486. The number of benzene rings is 2. The zero-order chi connectivity index (χ0) is 20.9. The molecule has 2 aromatic carbocycles. The third-order valence-electron chi connectivity index (χ3n) is 7.90. The number of aromatic hydroxyl groups is 1. The minimum absolute atomic E-state index is 0. The number of hydrogen-bond donors (Lipinski definition) is 1. The maximum Gasteiger partial charge on any atom is 2.00 e. The van der Waals surface area contributed by atoms with E-state index < -0.39 is 0 Å². The van der Waals surface area contributed by atoms with E-state index >= 15 is 0 Å². The first-order chi connectivity index (χ1) is 14.5. The number of allylic oxidation sites excluding steroid dienone is 4. The van der Waals surface area contributed by atoms with Crippen LogP contribution in [0.1, 0.15) is 87.0 Å². The molecule has 0 radical (unpaired) electrons. The van der Waals surface area contributed by atoms with E-state index in [1.807, 2.05) is 0 Å². The van der Waals surface area contributed by atoms with Crippen molar-refractivity contribution in [3.63, 3.8) is 0 Å². The second-order valence-electron chi connectivity index (χ2n) is 10.1. The molecule has 33 heavy (non-hydrogen) atoms. The fourth-order valence-electron chi connectivity index (χ4n) is 6.36. The van der Waals surface area contributed by atoms with Gasteiger partial charge >= 0.3 is 21.7 Å². The molecular formula is C29H34Cl2OTi. The van der Waals surface area contributed by atoms with Gasteiger partial charge in [-0.1, -0.05) is 84.7 Å². The van der Waals surface area contributed by atoms with Crippen LogP contribution in [0, 0.1) is 12.8 Å². The van der Waals surface area contributed by atoms with Gasteiger partial charge in [-0.05, 0) is 57.4 Å². The van der Waals surface area contributed by atoms with Gasteiger partial charge in [0, 0.05) is 28.4 Å². The van der Waals surface area contributed by atoms with Crippen LogP contribution in [0.25, 0.3) is 0 Å². The Kier molecular flexibility index (Phi) is 9.56. The third kappa shape index (κ3) is 4.90. The summed E-state index contributed by atoms with van der Waals surface area (Å²) < 4.78 is 0. The van der Waals surface area contributed by atoms with Crippen LogP contribution in [0.2, 0.25) is 0 Å². The average molecular weight is 517 g/mol. The molecule has 0 aliphatic heterocycles. The van der Waals surface area contributed by atoms with Crippen molar-refractivity contribution in [3.05, 3.63) is 87.5 Å². The summed E-state index contributed by atoms with van der Waals surface area (Å²) in [7, 11) is 0. The smallest absolute Gasteiger partial charge is 1.00 e. The second-order valence-corrected chi connectivity index (χ2v) is 10.1. The number of phenolic OH excluding ortho intramolecular Hbond substituents is 1. The topological polar surface area (TPSA) is 20.2 Å². The van der Waals surface area contributed by atoms with Crippen molar-refractivity contribution >= 4 is 0 Å². The molecule has 4 heteroatoms. The molecule has 0 bridgehead atoms. The number of phenols is 1. The summed E-state index contributed by atoms with van der Waals surface area (Å²) >= 11 is 0. The van der Waals surface area contributed by atoms with Crippen LogP contribution in [0.5, 0.6) is 5.75 Å². The molecule has 0 amide bonds. The largest absolute Gasteiger partial charge is 2.00 e. The van der Waals surface area contributed by atoms with Gasteiger partial charge in [0.15, 0.2) is 0 Å². The average Bonchev–Trinajstić information content (AvgIpc) is 3.10. The Morgan fingerprint density at radius 2 is 1.58 bits per heavy atom. The van der Waals surface area contributed by atoms with E-state index in [1.54, 1.807) is 16.7 Å². The number of fused-ring (bicyclic) bond motifs is 2. The summed E-state index contributed by atoms with van der Waals surface area (Å²) in [5, 5.41) is 11.7. The number of hydrogen-bond acceptors (Lipinski definition) is 1. The van der Waals surface area contributed by atoms with E-state index in [2.05, 4.69) is 69.3 Å². The van der Waals surface area contributed by atoms with Crippen molar-refractivity contribution < 1.29 is 51.6 Å². The second kappa shape index (κ2) is 11.2. The summed E-state index contributed by atoms with van der Waals surface area (Å²) in [6.45, 7) is 6.66. The Bertz CT molecular complexity index is 1040. The summed E-state index contributed by atoms with van der Waals surface area (Å²) in [4.78, 5) is 0. The zero-order valence-electron chi connectivity index (χ0n) is 19.9. The van der Waals surface area contributed by atoms with Crippen LogP contribution in [0.15, 0.2) is 65.3 Å². The van der Waals surface area contributed by atoms with Gasteiger partial charge in [0.2, 0.25) is 0 Å². The number of halogens is 2. The van der Waals surface area contributed by atoms with Crippen LogP contribution in [0.3, 0.4) is 0 Å². The molecule has 2 unspecified atom stereocenters. The van der Waals surface area contributed by atoms with Crippen molar-refractivity contribution in [2.24, 2.45) is 5.92 Å². The van der Waals surface area contributed by atoms with Crippen LogP contribution in [0.4, 0.5) is 0 Å². The van der Waals surface area contributed by atoms with Gasteiger partial charge < -0.3 is 29.9 Å². The first-order valence-corrected chi connectivity index (χ1v) is 11.8. The Hall–Kier alpha value is -0.986. The molecule has 1 N–H and O–H groups in total. The van der Waals surface area contributed by atoms with Gasteiger partial charge in [0.25, 0.3) is 0 Å². The van der Waals surface area contributed by atoms with Gasteiger partial charge in [-0.2, -0.15) is 0 Å². The monoisotopic (exact) mass is 516 g/mol. The molecule has 3 aliphatic rings. The van der Waals surface area contributed by atoms with Crippen molar-refractivity contribution in [3.8, 4) is 5.75 Å². The first-order valence-electron chi connectivity index (χ1n) is 11.8. The fraction of sp³-hybridized carbons (Fsp3) is 0.448. The molecule has 3 aliphatic carbocycles. The predicted molar refractivity (Wildman–Crippen MR) is 125 cm³/mol. The Balaban J connectivity index is 0.00000128. The third-order valence-corrected chi connectivity index (χ3v) is 7.90. The molecule has 0 saturated carbocycles. The maximum atomic E-state index is 11.7. The molecule has 2 aromatic rings. The molecule has 0 heterocycles. The molecule has 2 atom stereocenters. The summed E-state index contributed by atoms with van der Waals surface area (Å²) in [5.74, 6) is 1.46. The standard InChI is InChI=1S/C29H34O.2ClH.Ti/c1-19-17-25(28(30)26(18-19)29(2,3)20-11-5-4-6-12-20)27-23-15-9-7-13-21(23)22-14-8-10-16-24(22)27;;;/h4-6,11-12,15,17-18,21,27,30H,7-10,13-14,16H2,1-3H3;2*1H;/q;;;+2/p-2. The minimum Gasteiger partial charge on any atom is -1.00 e. The fourth-order valence-corrected chi connectivity index (χ4v) is 6.36. The molecule has 174 valence electrons. The van der Waals surface area contributed by atoms with Crippen molar-refractivity contribution in [2.45, 2.75) is 77.0 Å². The SMILES string of the molecule is Cc1cc(C2C3=CCCCC3C3=C2CCCC3)c(O)c(C(C)(C)c2ccccc2)c1.[Cl-].[Cl-].[Ti+2].